The fraction of sp³-hybridized carbons (Fsp3) is 0.353. The molecule has 0 heterocycles. The van der Waals surface area contributed by atoms with Crippen molar-refractivity contribution >= 4 is 39.3 Å². The summed E-state index contributed by atoms with van der Waals surface area (Å²) >= 11 is 2.25. The molecular weight excluding hydrogens is 377 g/mol. The van der Waals surface area contributed by atoms with Crippen molar-refractivity contribution in [2.45, 2.75) is 26.8 Å². The highest BCUT2D eigenvalue weighted by molar-refractivity contribution is 14.1. The molecule has 0 aromatic heterocycles. The number of amides is 1. The minimum Gasteiger partial charge on any atom is -0.394 e. The first-order valence-corrected chi connectivity index (χ1v) is 8.01. The second-order valence-electron chi connectivity index (χ2n) is 6.22. The lowest BCUT2D eigenvalue weighted by Crippen LogP contribution is -2.46. The van der Waals surface area contributed by atoms with E-state index in [1.54, 1.807) is 0 Å². The Hall–Kier alpha value is -1.14. The van der Waals surface area contributed by atoms with Crippen molar-refractivity contribution in [1.82, 2.24) is 5.32 Å². The number of benzene rings is 2. The molecular formula is C17H20INO2. The first-order valence-electron chi connectivity index (χ1n) is 6.93. The fourth-order valence-corrected chi connectivity index (χ4v) is 3.07. The largest absolute Gasteiger partial charge is 0.394 e. The minimum absolute atomic E-state index is 0.0723. The van der Waals surface area contributed by atoms with Crippen molar-refractivity contribution in [3.05, 3.63) is 45.5 Å². The van der Waals surface area contributed by atoms with E-state index in [2.05, 4.69) is 27.9 Å². The first-order chi connectivity index (χ1) is 9.84. The molecule has 0 aliphatic rings. The molecule has 0 saturated carbocycles. The molecule has 112 valence electrons. The molecule has 0 bridgehead atoms. The van der Waals surface area contributed by atoms with Crippen LogP contribution < -0.4 is 5.32 Å². The van der Waals surface area contributed by atoms with Gasteiger partial charge in [-0.05, 0) is 45.5 Å². The molecule has 3 nitrogen and oxygen atoms in total. The maximum atomic E-state index is 12.6. The monoisotopic (exact) mass is 397 g/mol. The van der Waals surface area contributed by atoms with Gasteiger partial charge < -0.3 is 10.4 Å². The van der Waals surface area contributed by atoms with Crippen LogP contribution in [-0.4, -0.2) is 23.7 Å². The Kier molecular flexibility index (Phi) is 4.88. The summed E-state index contributed by atoms with van der Waals surface area (Å²) in [6.45, 7) is 5.93. The quantitative estimate of drug-likeness (QED) is 0.778. The summed E-state index contributed by atoms with van der Waals surface area (Å²) in [6.07, 6.45) is 0. The summed E-state index contributed by atoms with van der Waals surface area (Å²) in [5, 5.41) is 14.5. The number of hydrogen-bond donors (Lipinski definition) is 2. The van der Waals surface area contributed by atoms with Gasteiger partial charge in [-0.15, -0.1) is 0 Å². The average Bonchev–Trinajstić information content (AvgIpc) is 2.43. The van der Waals surface area contributed by atoms with Crippen LogP contribution in [-0.2, 0) is 0 Å². The van der Waals surface area contributed by atoms with Crippen molar-refractivity contribution in [2.75, 3.05) is 6.61 Å². The van der Waals surface area contributed by atoms with Crippen molar-refractivity contribution in [2.24, 2.45) is 5.41 Å². The summed E-state index contributed by atoms with van der Waals surface area (Å²) in [6, 6.07) is 11.4. The zero-order valence-electron chi connectivity index (χ0n) is 12.5. The summed E-state index contributed by atoms with van der Waals surface area (Å²) in [7, 11) is 0. The third-order valence-electron chi connectivity index (χ3n) is 3.63. The lowest BCUT2D eigenvalue weighted by atomic mass is 9.87. The van der Waals surface area contributed by atoms with Crippen LogP contribution in [0, 0.1) is 8.99 Å². The van der Waals surface area contributed by atoms with Gasteiger partial charge in [0, 0.05) is 14.5 Å². The van der Waals surface area contributed by atoms with Crippen LogP contribution in [0.25, 0.3) is 10.8 Å². The van der Waals surface area contributed by atoms with Crippen molar-refractivity contribution in [3.63, 3.8) is 0 Å². The van der Waals surface area contributed by atoms with Gasteiger partial charge in [0.25, 0.3) is 5.91 Å². The molecule has 0 saturated heterocycles. The van der Waals surface area contributed by atoms with Crippen LogP contribution in [0.1, 0.15) is 31.1 Å². The first kappa shape index (κ1) is 16.2. The predicted octanol–water partition coefficient (Wildman–Crippen LogP) is 3.58. The lowest BCUT2D eigenvalue weighted by molar-refractivity contribution is 0.0849. The van der Waals surface area contributed by atoms with Crippen LogP contribution in [0.4, 0.5) is 0 Å². The van der Waals surface area contributed by atoms with Gasteiger partial charge in [-0.1, -0.05) is 45.0 Å². The second-order valence-corrected chi connectivity index (χ2v) is 7.38. The molecule has 2 rings (SSSR count). The number of fused-ring (bicyclic) bond motifs is 1. The van der Waals surface area contributed by atoms with Crippen LogP contribution in [0.5, 0.6) is 0 Å². The maximum absolute atomic E-state index is 12.6. The molecule has 4 heteroatoms. The van der Waals surface area contributed by atoms with Gasteiger partial charge in [-0.25, -0.2) is 0 Å². The zero-order chi connectivity index (χ0) is 15.6. The number of nitrogens with one attached hydrogen (secondary N) is 1. The Morgan fingerprint density at radius 1 is 1.24 bits per heavy atom. The van der Waals surface area contributed by atoms with Crippen LogP contribution in [0.3, 0.4) is 0 Å². The van der Waals surface area contributed by atoms with Crippen molar-refractivity contribution in [1.29, 1.82) is 0 Å². The van der Waals surface area contributed by atoms with Gasteiger partial charge in [0.15, 0.2) is 0 Å². The Bertz CT molecular complexity index is 656. The van der Waals surface area contributed by atoms with Crippen LogP contribution >= 0.6 is 22.6 Å². The lowest BCUT2D eigenvalue weighted by Gasteiger charge is -2.30. The topological polar surface area (TPSA) is 49.3 Å². The van der Waals surface area contributed by atoms with E-state index in [4.69, 9.17) is 0 Å². The molecule has 0 spiro atoms. The molecule has 0 aliphatic carbocycles. The Morgan fingerprint density at radius 2 is 1.86 bits per heavy atom. The average molecular weight is 397 g/mol. The smallest absolute Gasteiger partial charge is 0.252 e. The number of rotatable bonds is 3. The zero-order valence-corrected chi connectivity index (χ0v) is 14.6. The SMILES string of the molecule is CC(C)(C)[C@@H](CO)NC(=O)c1cccc2cccc(I)c12. The molecule has 2 aromatic carbocycles. The van der Waals surface area contributed by atoms with Gasteiger partial charge in [0.1, 0.15) is 0 Å². The van der Waals surface area contributed by atoms with Gasteiger partial charge in [0.2, 0.25) is 0 Å². The molecule has 21 heavy (non-hydrogen) atoms. The number of aliphatic hydroxyl groups excluding tert-OH is 1. The van der Waals surface area contributed by atoms with E-state index in [-0.39, 0.29) is 24.0 Å². The van der Waals surface area contributed by atoms with Gasteiger partial charge in [0.05, 0.1) is 12.6 Å². The van der Waals surface area contributed by atoms with E-state index in [0.29, 0.717) is 5.56 Å². The Balaban J connectivity index is 2.41. The molecule has 0 aliphatic heterocycles. The van der Waals surface area contributed by atoms with E-state index in [0.717, 1.165) is 14.3 Å². The minimum atomic E-state index is -0.276. The summed E-state index contributed by atoms with van der Waals surface area (Å²) < 4.78 is 1.05. The number of aliphatic hydroxyl groups is 1. The standard InChI is InChI=1S/C17H20INO2/c1-17(2,3)14(10-20)19-16(21)12-8-4-6-11-7-5-9-13(18)15(11)12/h4-9,14,20H,10H2,1-3H3,(H,19,21)/t14-/m1/s1. The summed E-state index contributed by atoms with van der Waals surface area (Å²) in [4.78, 5) is 12.6. The summed E-state index contributed by atoms with van der Waals surface area (Å²) in [5.41, 5.74) is 0.461. The number of carbonyl (C=O) groups is 1. The highest BCUT2D eigenvalue weighted by Gasteiger charge is 2.26. The highest BCUT2D eigenvalue weighted by atomic mass is 127. The van der Waals surface area contributed by atoms with E-state index in [9.17, 15) is 9.90 Å². The van der Waals surface area contributed by atoms with Gasteiger partial charge >= 0.3 is 0 Å². The van der Waals surface area contributed by atoms with E-state index >= 15 is 0 Å². The third kappa shape index (κ3) is 3.55. The number of halogens is 1. The molecule has 0 unspecified atom stereocenters. The molecule has 0 radical (unpaired) electrons. The third-order valence-corrected chi connectivity index (χ3v) is 4.53. The molecule has 2 N–H and O–H groups in total. The molecule has 2 aromatic rings. The van der Waals surface area contributed by atoms with E-state index < -0.39 is 0 Å². The Labute approximate surface area is 138 Å². The number of carbonyl (C=O) groups excluding carboxylic acids is 1. The van der Waals surface area contributed by atoms with Crippen molar-refractivity contribution < 1.29 is 9.90 Å². The molecule has 1 amide bonds. The molecule has 1 atom stereocenters. The Morgan fingerprint density at radius 3 is 2.43 bits per heavy atom. The van der Waals surface area contributed by atoms with E-state index in [1.165, 1.54) is 0 Å². The van der Waals surface area contributed by atoms with E-state index in [1.807, 2.05) is 57.2 Å². The van der Waals surface area contributed by atoms with Crippen LogP contribution in [0.2, 0.25) is 0 Å². The fourth-order valence-electron chi connectivity index (χ4n) is 2.26. The van der Waals surface area contributed by atoms with Crippen LogP contribution in [0.15, 0.2) is 36.4 Å². The maximum Gasteiger partial charge on any atom is 0.252 e. The van der Waals surface area contributed by atoms with Crippen molar-refractivity contribution in [3.8, 4) is 0 Å². The summed E-state index contributed by atoms with van der Waals surface area (Å²) in [5.74, 6) is -0.140. The predicted molar refractivity (Wildman–Crippen MR) is 94.5 cm³/mol. The highest BCUT2D eigenvalue weighted by Crippen LogP contribution is 2.25. The normalized spacial score (nSPS) is 13.2. The molecule has 0 fully saturated rings. The second kappa shape index (κ2) is 6.32. The number of hydrogen-bond acceptors (Lipinski definition) is 2. The van der Waals surface area contributed by atoms with Gasteiger partial charge in [-0.2, -0.15) is 0 Å². The van der Waals surface area contributed by atoms with Gasteiger partial charge in [-0.3, -0.25) is 4.79 Å².